The fourth-order valence-corrected chi connectivity index (χ4v) is 18.2. The fraction of sp³-hybridized carbons (Fsp3) is 0.462. The number of rotatable bonds is 8. The van der Waals surface area contributed by atoms with E-state index in [2.05, 4.69) is 21.3 Å². The number of aryl methyl sites for hydroxylation is 2. The molecule has 24 heteroatoms. The maximum atomic E-state index is 14.8. The fourth-order valence-electron chi connectivity index (χ4n) is 13.3. The Balaban J connectivity index is 0.000000186. The van der Waals surface area contributed by atoms with Crippen LogP contribution in [0.15, 0.2) is 94.7 Å². The first kappa shape index (κ1) is 54.7. The molecule has 408 valence electrons. The maximum Gasteiger partial charge on any atom is 0.426 e. The topological polar surface area (TPSA) is 185 Å². The molecule has 2 saturated heterocycles. The van der Waals surface area contributed by atoms with Crippen molar-refractivity contribution < 1.29 is 79.9 Å². The molecule has 10 atom stereocenters. The molecule has 4 fully saturated rings. The minimum Gasteiger partial charge on any atom is -0.323 e. The molecular formula is C52H50F10N4O8S2. The molecule has 4 N–H and O–H groups in total. The van der Waals surface area contributed by atoms with E-state index in [1.165, 1.54) is 26.0 Å². The summed E-state index contributed by atoms with van der Waals surface area (Å²) in [5.74, 6) is -5.18. The zero-order valence-corrected chi connectivity index (χ0v) is 42.5. The molecule has 2 aliphatic heterocycles. The van der Waals surface area contributed by atoms with Gasteiger partial charge in [0.25, 0.3) is 11.8 Å². The van der Waals surface area contributed by atoms with E-state index in [1.807, 2.05) is 0 Å². The third-order valence-corrected chi connectivity index (χ3v) is 22.5. The number of halogens is 10. The van der Waals surface area contributed by atoms with Gasteiger partial charge in [-0.3, -0.25) is 20.2 Å². The standard InChI is InChI=1S/2C26H25F5N2O4S/c2*1-23(21(34)32-22(35)33-23)19-11-12-25(38(36,37)17-7-5-16(27)6-8-17)18-10-4-15(24(2,28)26(29,30)31)13-14(18)3-9-20(19)25/h2*4-8,10,13,19-20H,3,9,11-12H2,1-2H3,(H2,32,33,34,35)/t2*19-,20+,23?,24?,25-/m11/s1. The van der Waals surface area contributed by atoms with Crippen LogP contribution in [0.4, 0.5) is 53.5 Å². The molecule has 2 heterocycles. The molecule has 4 aliphatic carbocycles. The second kappa shape index (κ2) is 17.7. The Kier molecular flexibility index (Phi) is 12.8. The van der Waals surface area contributed by atoms with Gasteiger partial charge in [-0.15, -0.1) is 0 Å². The van der Waals surface area contributed by atoms with Crippen molar-refractivity contribution in [2.75, 3.05) is 0 Å². The van der Waals surface area contributed by atoms with Gasteiger partial charge in [-0.05, 0) is 185 Å². The van der Waals surface area contributed by atoms with Gasteiger partial charge in [0.2, 0.25) is 11.3 Å². The van der Waals surface area contributed by atoms with E-state index in [1.54, 1.807) is 0 Å². The predicted molar refractivity (Wildman–Crippen MR) is 252 cm³/mol. The van der Waals surface area contributed by atoms with Gasteiger partial charge < -0.3 is 10.6 Å². The number of alkyl halides is 8. The van der Waals surface area contributed by atoms with Crippen molar-refractivity contribution in [1.82, 2.24) is 21.3 Å². The van der Waals surface area contributed by atoms with Gasteiger partial charge in [0.05, 0.1) is 9.79 Å². The molecular weight excluding hydrogens is 1060 g/mol. The van der Waals surface area contributed by atoms with Crippen molar-refractivity contribution in [3.05, 3.63) is 130 Å². The third-order valence-electron chi connectivity index (χ3n) is 17.4. The van der Waals surface area contributed by atoms with Crippen LogP contribution in [0.2, 0.25) is 0 Å². The highest BCUT2D eigenvalue weighted by Gasteiger charge is 2.68. The van der Waals surface area contributed by atoms with Crippen LogP contribution in [0.3, 0.4) is 0 Å². The average Bonchev–Trinajstić information content (AvgIpc) is 4.09. The number of carbonyl (C=O) groups excluding carboxylic acids is 4. The van der Waals surface area contributed by atoms with Gasteiger partial charge in [0.15, 0.2) is 19.7 Å². The van der Waals surface area contributed by atoms with Crippen LogP contribution in [0.1, 0.15) is 99.6 Å². The van der Waals surface area contributed by atoms with Gasteiger partial charge >= 0.3 is 24.4 Å². The van der Waals surface area contributed by atoms with Crippen molar-refractivity contribution in [3.63, 3.8) is 0 Å². The lowest BCUT2D eigenvalue weighted by Crippen LogP contribution is -2.55. The SMILES string of the molecule is CC1([C@@H]2CC[C@@]3(S(=O)(=O)c4ccc(F)cc4)c4ccc(C(C)(F)C(F)(F)F)cc4CC[C@@H]23)NC(=O)NC1=O.CC1([C@@H]2CC[C@@]3(S(=O)(=O)c4ccc(F)cc4)c4ccc(C(C)(F)C(F)(F)F)cc4CC[C@@H]23)NC(=O)NC1=O. The molecule has 10 rings (SSSR count). The summed E-state index contributed by atoms with van der Waals surface area (Å²) in [5, 5.41) is 9.64. The van der Waals surface area contributed by atoms with Crippen LogP contribution in [0.25, 0.3) is 0 Å². The van der Waals surface area contributed by atoms with E-state index < -0.39 is 134 Å². The number of urea groups is 2. The number of hydrogen-bond donors (Lipinski definition) is 4. The maximum absolute atomic E-state index is 14.8. The number of benzene rings is 4. The summed E-state index contributed by atoms with van der Waals surface area (Å²) in [6.45, 7) is 3.88. The largest absolute Gasteiger partial charge is 0.426 e. The molecule has 2 saturated carbocycles. The minimum absolute atomic E-state index is 0.000700. The van der Waals surface area contributed by atoms with Crippen LogP contribution in [-0.4, -0.2) is 64.1 Å². The first-order valence-electron chi connectivity index (χ1n) is 24.2. The molecule has 4 unspecified atom stereocenters. The zero-order chi connectivity index (χ0) is 55.8. The molecule has 4 aromatic rings. The second-order valence-corrected chi connectivity index (χ2v) is 25.7. The molecule has 6 amide bonds. The van der Waals surface area contributed by atoms with Crippen molar-refractivity contribution in [2.45, 2.75) is 133 Å². The smallest absolute Gasteiger partial charge is 0.323 e. The quantitative estimate of drug-likeness (QED) is 0.0764. The average molecular weight is 1110 g/mol. The second-order valence-electron chi connectivity index (χ2n) is 21.2. The van der Waals surface area contributed by atoms with E-state index in [-0.39, 0.29) is 83.4 Å². The number of amides is 6. The normalized spacial score (nSPS) is 30.7. The molecule has 76 heavy (non-hydrogen) atoms. The van der Waals surface area contributed by atoms with E-state index in [0.717, 1.165) is 72.8 Å². The highest BCUT2D eigenvalue weighted by Crippen LogP contribution is 2.64. The lowest BCUT2D eigenvalue weighted by molar-refractivity contribution is -0.229. The van der Waals surface area contributed by atoms with Crippen LogP contribution >= 0.6 is 0 Å². The number of carbonyl (C=O) groups is 4. The predicted octanol–water partition coefficient (Wildman–Crippen LogP) is 9.62. The van der Waals surface area contributed by atoms with Crippen LogP contribution in [0, 0.1) is 35.3 Å². The van der Waals surface area contributed by atoms with Crippen molar-refractivity contribution in [2.24, 2.45) is 23.7 Å². The first-order valence-corrected chi connectivity index (χ1v) is 27.1. The summed E-state index contributed by atoms with van der Waals surface area (Å²) in [6.07, 6.45) is -9.34. The Morgan fingerprint density at radius 1 is 0.487 bits per heavy atom. The van der Waals surface area contributed by atoms with Crippen molar-refractivity contribution >= 4 is 43.6 Å². The Hall–Kier alpha value is -6.04. The van der Waals surface area contributed by atoms with Crippen LogP contribution in [-0.2, 0) is 62.9 Å². The monoisotopic (exact) mass is 1110 g/mol. The van der Waals surface area contributed by atoms with Gasteiger partial charge in [-0.2, -0.15) is 26.3 Å². The number of sulfone groups is 2. The molecule has 4 aromatic carbocycles. The third kappa shape index (κ3) is 7.94. The summed E-state index contributed by atoms with van der Waals surface area (Å²) in [5.41, 5.74) is -10.4. The summed E-state index contributed by atoms with van der Waals surface area (Å²) in [6, 6.07) is 13.6. The van der Waals surface area contributed by atoms with Gasteiger partial charge in [-0.25, -0.2) is 44.0 Å². The van der Waals surface area contributed by atoms with Crippen molar-refractivity contribution in [1.29, 1.82) is 0 Å². The number of imide groups is 2. The zero-order valence-electron chi connectivity index (χ0n) is 40.9. The molecule has 12 nitrogen and oxygen atoms in total. The van der Waals surface area contributed by atoms with Gasteiger partial charge in [0.1, 0.15) is 32.2 Å². The Labute approximate surface area is 430 Å². The van der Waals surface area contributed by atoms with Crippen LogP contribution < -0.4 is 21.3 Å². The van der Waals surface area contributed by atoms with E-state index >= 15 is 0 Å². The molecule has 0 radical (unpaired) electrons. The summed E-state index contributed by atoms with van der Waals surface area (Å²) in [4.78, 5) is 49.2. The summed E-state index contributed by atoms with van der Waals surface area (Å²) in [7, 11) is -8.63. The highest BCUT2D eigenvalue weighted by atomic mass is 32.2. The Morgan fingerprint density at radius 2 is 0.816 bits per heavy atom. The Bertz CT molecular complexity index is 3100. The molecule has 0 aromatic heterocycles. The first-order chi connectivity index (χ1) is 35.1. The van der Waals surface area contributed by atoms with Crippen LogP contribution in [0.5, 0.6) is 0 Å². The molecule has 0 bridgehead atoms. The summed E-state index contributed by atoms with van der Waals surface area (Å²) < 4.78 is 192. The van der Waals surface area contributed by atoms with Crippen molar-refractivity contribution in [3.8, 4) is 0 Å². The summed E-state index contributed by atoms with van der Waals surface area (Å²) >= 11 is 0. The van der Waals surface area contributed by atoms with Gasteiger partial charge in [0, 0.05) is 0 Å². The Morgan fingerprint density at radius 3 is 1.11 bits per heavy atom. The number of hydrogen-bond acceptors (Lipinski definition) is 8. The number of nitrogens with one attached hydrogen (secondary N) is 4. The van der Waals surface area contributed by atoms with E-state index in [9.17, 15) is 79.9 Å². The minimum atomic E-state index is -5.18. The number of fused-ring (bicyclic) bond motifs is 6. The molecule has 0 spiro atoms. The van der Waals surface area contributed by atoms with Gasteiger partial charge in [-0.1, -0.05) is 36.4 Å². The lowest BCUT2D eigenvalue weighted by atomic mass is 9.68. The van der Waals surface area contributed by atoms with E-state index in [4.69, 9.17) is 0 Å². The highest BCUT2D eigenvalue weighted by molar-refractivity contribution is 7.92. The lowest BCUT2D eigenvalue weighted by Gasteiger charge is -2.45. The van der Waals surface area contributed by atoms with E-state index in [0.29, 0.717) is 13.8 Å². The molecule has 6 aliphatic rings.